The number of benzene rings is 1. The molecule has 1 aliphatic heterocycles. The van der Waals surface area contributed by atoms with E-state index in [-0.39, 0.29) is 18.1 Å². The average Bonchev–Trinajstić information content (AvgIpc) is 2.76. The molecule has 1 amide bonds. The van der Waals surface area contributed by atoms with Crippen molar-refractivity contribution < 1.29 is 13.6 Å². The van der Waals surface area contributed by atoms with E-state index in [1.807, 2.05) is 6.92 Å². The monoisotopic (exact) mass is 282 g/mol. The normalized spacial score (nSPS) is 22.6. The number of nitrogens with one attached hydrogen (secondary N) is 1. The largest absolute Gasteiger partial charge is 0.322 e. The van der Waals surface area contributed by atoms with E-state index in [1.165, 1.54) is 6.07 Å². The van der Waals surface area contributed by atoms with E-state index in [9.17, 15) is 13.6 Å². The molecule has 1 aromatic rings. The molecule has 0 radical (unpaired) electrons. The van der Waals surface area contributed by atoms with E-state index < -0.39 is 11.6 Å². The molecular weight excluding hydrogens is 262 g/mol. The van der Waals surface area contributed by atoms with Crippen LogP contribution < -0.4 is 5.32 Å². The zero-order chi connectivity index (χ0) is 14.7. The van der Waals surface area contributed by atoms with Gasteiger partial charge >= 0.3 is 0 Å². The van der Waals surface area contributed by atoms with Gasteiger partial charge in [0.1, 0.15) is 6.17 Å². The second-order valence-electron chi connectivity index (χ2n) is 5.09. The van der Waals surface area contributed by atoms with Crippen LogP contribution in [0.1, 0.15) is 44.8 Å². The number of amides is 1. The third kappa shape index (κ3) is 2.82. The molecule has 0 spiro atoms. The van der Waals surface area contributed by atoms with Crippen LogP contribution in [-0.4, -0.2) is 23.4 Å². The van der Waals surface area contributed by atoms with Crippen LogP contribution in [0.5, 0.6) is 0 Å². The third-order valence-electron chi connectivity index (χ3n) is 3.67. The fraction of sp³-hybridized carbons (Fsp3) is 0.533. The summed E-state index contributed by atoms with van der Waals surface area (Å²) in [6.45, 7) is 4.61. The van der Waals surface area contributed by atoms with Crippen LogP contribution in [0.2, 0.25) is 0 Å². The Hall–Kier alpha value is -1.49. The molecule has 1 aromatic carbocycles. The van der Waals surface area contributed by atoms with Crippen LogP contribution in [0.4, 0.5) is 8.78 Å². The molecule has 0 saturated carbocycles. The highest BCUT2D eigenvalue weighted by Crippen LogP contribution is 2.27. The van der Waals surface area contributed by atoms with Gasteiger partial charge in [-0.05, 0) is 30.5 Å². The molecule has 1 saturated heterocycles. The Balaban J connectivity index is 2.26. The Kier molecular flexibility index (Phi) is 4.70. The first-order valence-corrected chi connectivity index (χ1v) is 7.10. The fourth-order valence-electron chi connectivity index (χ4n) is 2.50. The summed E-state index contributed by atoms with van der Waals surface area (Å²) in [5.41, 5.74) is 0.587. The molecule has 1 aliphatic rings. The van der Waals surface area contributed by atoms with Crippen molar-refractivity contribution in [3.8, 4) is 0 Å². The van der Waals surface area contributed by atoms with Gasteiger partial charge in [0.25, 0.3) is 0 Å². The maximum atomic E-state index is 13.4. The van der Waals surface area contributed by atoms with Crippen molar-refractivity contribution in [1.82, 2.24) is 10.2 Å². The minimum absolute atomic E-state index is 0.0377. The Morgan fingerprint density at radius 2 is 2.00 bits per heavy atom. The Labute approximate surface area is 118 Å². The summed E-state index contributed by atoms with van der Waals surface area (Å²) < 4.78 is 26.4. The molecule has 2 atom stereocenters. The first-order valence-electron chi connectivity index (χ1n) is 7.10. The summed E-state index contributed by atoms with van der Waals surface area (Å²) in [6, 6.07) is 3.55. The van der Waals surface area contributed by atoms with Crippen LogP contribution in [0.3, 0.4) is 0 Å². The van der Waals surface area contributed by atoms with Gasteiger partial charge in [0.05, 0.1) is 6.04 Å². The molecule has 1 fully saturated rings. The van der Waals surface area contributed by atoms with E-state index in [2.05, 4.69) is 12.2 Å². The van der Waals surface area contributed by atoms with Gasteiger partial charge in [-0.2, -0.15) is 0 Å². The molecule has 1 heterocycles. The van der Waals surface area contributed by atoms with Gasteiger partial charge in [0.2, 0.25) is 5.91 Å². The van der Waals surface area contributed by atoms with Crippen molar-refractivity contribution in [2.24, 2.45) is 0 Å². The summed E-state index contributed by atoms with van der Waals surface area (Å²) in [4.78, 5) is 14.0. The number of carbonyl (C=O) groups is 1. The second-order valence-corrected chi connectivity index (χ2v) is 5.09. The second kappa shape index (κ2) is 6.31. The Morgan fingerprint density at radius 1 is 1.25 bits per heavy atom. The highest BCUT2D eigenvalue weighted by atomic mass is 19.2. The van der Waals surface area contributed by atoms with Crippen LogP contribution in [0.25, 0.3) is 0 Å². The summed E-state index contributed by atoms with van der Waals surface area (Å²) >= 11 is 0. The molecule has 110 valence electrons. The van der Waals surface area contributed by atoms with Gasteiger partial charge in [-0.25, -0.2) is 8.78 Å². The van der Waals surface area contributed by atoms with Gasteiger partial charge < -0.3 is 4.90 Å². The van der Waals surface area contributed by atoms with Gasteiger partial charge in [0, 0.05) is 6.54 Å². The number of halogens is 2. The SMILES string of the molecule is CCCCN1C(=O)C(CC)NC1c1ccc(F)c(F)c1. The number of carbonyl (C=O) groups excluding carboxylic acids is 1. The van der Waals surface area contributed by atoms with E-state index in [4.69, 9.17) is 0 Å². The topological polar surface area (TPSA) is 32.3 Å². The fourth-order valence-corrected chi connectivity index (χ4v) is 2.50. The third-order valence-corrected chi connectivity index (χ3v) is 3.67. The van der Waals surface area contributed by atoms with E-state index in [0.717, 1.165) is 25.0 Å². The van der Waals surface area contributed by atoms with Gasteiger partial charge in [0.15, 0.2) is 11.6 Å². The Bertz CT molecular complexity index is 493. The highest BCUT2D eigenvalue weighted by molar-refractivity contribution is 5.84. The van der Waals surface area contributed by atoms with Crippen LogP contribution in [0.15, 0.2) is 18.2 Å². The summed E-state index contributed by atoms with van der Waals surface area (Å²) in [5, 5.41) is 3.20. The minimum atomic E-state index is -0.882. The standard InChI is InChI=1S/C15H20F2N2O/c1-3-5-8-19-14(18-13(4-2)15(19)20)10-6-7-11(16)12(17)9-10/h6-7,9,13-14,18H,3-5,8H2,1-2H3. The molecule has 2 unspecified atom stereocenters. The number of hydrogen-bond acceptors (Lipinski definition) is 2. The first kappa shape index (κ1) is 14.9. The lowest BCUT2D eigenvalue weighted by Gasteiger charge is -2.24. The van der Waals surface area contributed by atoms with Crippen molar-refractivity contribution in [2.45, 2.75) is 45.3 Å². The first-order chi connectivity index (χ1) is 9.58. The smallest absolute Gasteiger partial charge is 0.241 e. The van der Waals surface area contributed by atoms with Crippen molar-refractivity contribution in [1.29, 1.82) is 0 Å². The van der Waals surface area contributed by atoms with Crippen molar-refractivity contribution in [2.75, 3.05) is 6.54 Å². The summed E-state index contributed by atoms with van der Waals surface area (Å²) in [6.07, 6.45) is 2.19. The average molecular weight is 282 g/mol. The molecule has 1 N–H and O–H groups in total. The maximum absolute atomic E-state index is 13.4. The lowest BCUT2D eigenvalue weighted by molar-refractivity contribution is -0.130. The predicted octanol–water partition coefficient (Wildman–Crippen LogP) is 2.97. The van der Waals surface area contributed by atoms with E-state index >= 15 is 0 Å². The number of nitrogens with zero attached hydrogens (tertiary/aromatic N) is 1. The molecule has 3 nitrogen and oxygen atoms in total. The molecule has 0 bridgehead atoms. The quantitative estimate of drug-likeness (QED) is 0.900. The highest BCUT2D eigenvalue weighted by Gasteiger charge is 2.38. The number of unbranched alkanes of at least 4 members (excludes halogenated alkanes) is 1. The van der Waals surface area contributed by atoms with Crippen molar-refractivity contribution >= 4 is 5.91 Å². The minimum Gasteiger partial charge on any atom is -0.322 e. The van der Waals surface area contributed by atoms with Gasteiger partial charge in [-0.15, -0.1) is 0 Å². The zero-order valence-electron chi connectivity index (χ0n) is 11.8. The lowest BCUT2D eigenvalue weighted by Crippen LogP contribution is -2.31. The molecule has 20 heavy (non-hydrogen) atoms. The summed E-state index contributed by atoms with van der Waals surface area (Å²) in [7, 11) is 0. The number of hydrogen-bond donors (Lipinski definition) is 1. The van der Waals surface area contributed by atoms with E-state index in [0.29, 0.717) is 18.5 Å². The van der Waals surface area contributed by atoms with Crippen LogP contribution >= 0.6 is 0 Å². The predicted molar refractivity (Wildman–Crippen MR) is 72.9 cm³/mol. The summed E-state index contributed by atoms with van der Waals surface area (Å²) in [5.74, 6) is -1.71. The van der Waals surface area contributed by atoms with Crippen molar-refractivity contribution in [3.63, 3.8) is 0 Å². The van der Waals surface area contributed by atoms with Gasteiger partial charge in [-0.3, -0.25) is 10.1 Å². The molecular formula is C15H20F2N2O. The van der Waals surface area contributed by atoms with Crippen LogP contribution in [0, 0.1) is 11.6 Å². The molecule has 5 heteroatoms. The van der Waals surface area contributed by atoms with Crippen LogP contribution in [-0.2, 0) is 4.79 Å². The number of rotatable bonds is 5. The van der Waals surface area contributed by atoms with Gasteiger partial charge in [-0.1, -0.05) is 26.3 Å². The molecule has 2 rings (SSSR count). The maximum Gasteiger partial charge on any atom is 0.241 e. The molecule has 0 aromatic heterocycles. The van der Waals surface area contributed by atoms with Crippen molar-refractivity contribution in [3.05, 3.63) is 35.4 Å². The van der Waals surface area contributed by atoms with E-state index in [1.54, 1.807) is 4.90 Å². The Morgan fingerprint density at radius 3 is 2.60 bits per heavy atom. The zero-order valence-corrected chi connectivity index (χ0v) is 11.8. The molecule has 0 aliphatic carbocycles. The lowest BCUT2D eigenvalue weighted by atomic mass is 10.1.